The first-order valence-electron chi connectivity index (χ1n) is 10.4. The molecular formula is C23H22N8O. The molecule has 0 saturated carbocycles. The third-order valence-electron chi connectivity index (χ3n) is 5.46. The van der Waals surface area contributed by atoms with E-state index in [4.69, 9.17) is 11.4 Å². The number of aromatic nitrogens is 5. The summed E-state index contributed by atoms with van der Waals surface area (Å²) in [5.74, 6) is 4.54. The third-order valence-corrected chi connectivity index (χ3v) is 5.46. The number of fused-ring (bicyclic) bond motifs is 1. The first kappa shape index (κ1) is 19.6. The van der Waals surface area contributed by atoms with Gasteiger partial charge in [0.05, 0.1) is 0 Å². The molecule has 1 amide bonds. The zero-order chi connectivity index (χ0) is 22.1. The second kappa shape index (κ2) is 8.07. The highest BCUT2D eigenvalue weighted by Gasteiger charge is 2.24. The van der Waals surface area contributed by atoms with Crippen LogP contribution in [0.1, 0.15) is 21.6 Å². The number of carbonyl (C=O) groups excluding carboxylic acids is 1. The van der Waals surface area contributed by atoms with Crippen LogP contribution in [0.4, 0.5) is 17.6 Å². The Morgan fingerprint density at radius 1 is 1.16 bits per heavy atom. The number of benzene rings is 1. The van der Waals surface area contributed by atoms with Crippen LogP contribution in [0, 0.1) is 19.3 Å². The molecule has 9 heteroatoms. The van der Waals surface area contributed by atoms with Crippen molar-refractivity contribution >= 4 is 29.0 Å². The van der Waals surface area contributed by atoms with Crippen LogP contribution in [0.25, 0.3) is 5.52 Å². The average molecular weight is 426 g/mol. The number of terminal acetylenes is 1. The summed E-state index contributed by atoms with van der Waals surface area (Å²) in [5.41, 5.74) is 3.13. The fraction of sp³-hybridized carbons (Fsp3) is 0.217. The SMILES string of the molecule is C#Cc1cccc(C(=O)N2CCN(c3nc(Nc4cc(C)[nH]n4)c4cccn4n3)CC2)c1. The van der Waals surface area contributed by atoms with Crippen molar-refractivity contribution in [2.24, 2.45) is 0 Å². The maximum absolute atomic E-state index is 12.9. The number of hydrogen-bond donors (Lipinski definition) is 2. The van der Waals surface area contributed by atoms with Crippen molar-refractivity contribution in [1.82, 2.24) is 29.7 Å². The van der Waals surface area contributed by atoms with E-state index in [2.05, 4.69) is 31.4 Å². The second-order valence-electron chi connectivity index (χ2n) is 7.66. The lowest BCUT2D eigenvalue weighted by molar-refractivity contribution is 0.0746. The first-order chi connectivity index (χ1) is 15.6. The van der Waals surface area contributed by atoms with Crippen LogP contribution >= 0.6 is 0 Å². The van der Waals surface area contributed by atoms with E-state index in [0.717, 1.165) is 11.2 Å². The smallest absolute Gasteiger partial charge is 0.254 e. The minimum absolute atomic E-state index is 0.0141. The molecule has 5 rings (SSSR count). The van der Waals surface area contributed by atoms with Gasteiger partial charge >= 0.3 is 0 Å². The van der Waals surface area contributed by atoms with Gasteiger partial charge in [0.1, 0.15) is 5.52 Å². The van der Waals surface area contributed by atoms with E-state index >= 15 is 0 Å². The summed E-state index contributed by atoms with van der Waals surface area (Å²) in [5, 5.41) is 15.1. The molecule has 0 spiro atoms. The molecule has 4 aromatic rings. The van der Waals surface area contributed by atoms with Gasteiger partial charge in [0.2, 0.25) is 5.95 Å². The molecule has 2 N–H and O–H groups in total. The second-order valence-corrected chi connectivity index (χ2v) is 7.66. The number of hydrogen-bond acceptors (Lipinski definition) is 6. The van der Waals surface area contributed by atoms with Gasteiger partial charge in [0.15, 0.2) is 11.6 Å². The topological polar surface area (TPSA) is 94.5 Å². The number of nitrogens with zero attached hydrogens (tertiary/aromatic N) is 6. The van der Waals surface area contributed by atoms with Gasteiger partial charge in [-0.25, -0.2) is 4.52 Å². The van der Waals surface area contributed by atoms with Gasteiger partial charge in [-0.3, -0.25) is 9.89 Å². The van der Waals surface area contributed by atoms with Gasteiger partial charge in [-0.1, -0.05) is 12.0 Å². The third kappa shape index (κ3) is 3.74. The molecule has 1 aliphatic rings. The minimum Gasteiger partial charge on any atom is -0.336 e. The Kier molecular flexibility index (Phi) is 4.95. The lowest BCUT2D eigenvalue weighted by atomic mass is 10.1. The zero-order valence-electron chi connectivity index (χ0n) is 17.6. The lowest BCUT2D eigenvalue weighted by Gasteiger charge is -2.34. The quantitative estimate of drug-likeness (QED) is 0.487. The molecule has 3 aromatic heterocycles. The Hall–Kier alpha value is -4.32. The van der Waals surface area contributed by atoms with Crippen molar-refractivity contribution in [3.05, 3.63) is 65.5 Å². The maximum Gasteiger partial charge on any atom is 0.254 e. The van der Waals surface area contributed by atoms with Crippen LogP contribution in [0.15, 0.2) is 48.7 Å². The highest BCUT2D eigenvalue weighted by atomic mass is 16.2. The molecule has 0 bridgehead atoms. The summed E-state index contributed by atoms with van der Waals surface area (Å²) in [7, 11) is 0. The average Bonchev–Trinajstić information content (AvgIpc) is 3.47. The zero-order valence-corrected chi connectivity index (χ0v) is 17.6. The number of piperazine rings is 1. The molecule has 0 unspecified atom stereocenters. The van der Waals surface area contributed by atoms with Crippen LogP contribution in [0.2, 0.25) is 0 Å². The molecule has 1 aliphatic heterocycles. The number of anilines is 3. The molecule has 4 heterocycles. The number of amides is 1. The maximum atomic E-state index is 12.9. The number of aryl methyl sites for hydroxylation is 1. The Bertz CT molecular complexity index is 1320. The molecule has 1 aromatic carbocycles. The van der Waals surface area contributed by atoms with Crippen molar-refractivity contribution in [2.75, 3.05) is 36.4 Å². The van der Waals surface area contributed by atoms with Crippen molar-refractivity contribution in [3.63, 3.8) is 0 Å². The number of H-pyrrole nitrogens is 1. The molecular weight excluding hydrogens is 404 g/mol. The largest absolute Gasteiger partial charge is 0.336 e. The fourth-order valence-corrected chi connectivity index (χ4v) is 3.79. The molecule has 0 aliphatic carbocycles. The first-order valence-corrected chi connectivity index (χ1v) is 10.4. The number of rotatable bonds is 4. The molecule has 32 heavy (non-hydrogen) atoms. The highest BCUT2D eigenvalue weighted by molar-refractivity contribution is 5.94. The lowest BCUT2D eigenvalue weighted by Crippen LogP contribution is -2.49. The summed E-state index contributed by atoms with van der Waals surface area (Å²) < 4.78 is 1.80. The van der Waals surface area contributed by atoms with Gasteiger partial charge in [-0.05, 0) is 37.3 Å². The molecule has 1 fully saturated rings. The van der Waals surface area contributed by atoms with E-state index in [1.165, 1.54) is 0 Å². The molecule has 0 radical (unpaired) electrons. The van der Waals surface area contributed by atoms with Crippen molar-refractivity contribution in [2.45, 2.75) is 6.92 Å². The monoisotopic (exact) mass is 426 g/mol. The van der Waals surface area contributed by atoms with Crippen molar-refractivity contribution < 1.29 is 4.79 Å². The van der Waals surface area contributed by atoms with Crippen molar-refractivity contribution in [1.29, 1.82) is 0 Å². The molecule has 0 atom stereocenters. The Morgan fingerprint density at radius 3 is 2.75 bits per heavy atom. The van der Waals surface area contributed by atoms with E-state index in [9.17, 15) is 4.79 Å². The predicted molar refractivity (Wildman–Crippen MR) is 122 cm³/mol. The Morgan fingerprint density at radius 2 is 2.00 bits per heavy atom. The Labute approximate surface area is 185 Å². The van der Waals surface area contributed by atoms with Crippen LogP contribution in [0.3, 0.4) is 0 Å². The van der Waals surface area contributed by atoms with Gasteiger partial charge in [0, 0.05) is 55.3 Å². The summed E-state index contributed by atoms with van der Waals surface area (Å²) in [6, 6.07) is 13.0. The normalized spacial score (nSPS) is 13.9. The summed E-state index contributed by atoms with van der Waals surface area (Å²) in [6.45, 7) is 4.36. The summed E-state index contributed by atoms with van der Waals surface area (Å²) in [6.07, 6.45) is 7.35. The van der Waals surface area contributed by atoms with Gasteiger partial charge < -0.3 is 15.1 Å². The molecule has 9 nitrogen and oxygen atoms in total. The highest BCUT2D eigenvalue weighted by Crippen LogP contribution is 2.23. The van der Waals surface area contributed by atoms with Gasteiger partial charge in [0.25, 0.3) is 5.91 Å². The summed E-state index contributed by atoms with van der Waals surface area (Å²) >= 11 is 0. The van der Waals surface area contributed by atoms with Crippen LogP contribution in [-0.4, -0.2) is 61.8 Å². The standard InChI is InChI=1S/C23H22N8O/c1-3-17-6-4-7-18(15-17)22(32)29-10-12-30(13-11-29)23-25-21(19-8-5-9-31(19)28-23)24-20-14-16(2)26-27-20/h1,4-9,14-15H,10-13H2,2H3,(H2,24,25,26,27,28). The van der Waals surface area contributed by atoms with E-state index in [1.807, 2.05) is 48.4 Å². The minimum atomic E-state index is -0.0141. The number of nitrogens with one attached hydrogen (secondary N) is 2. The fourth-order valence-electron chi connectivity index (χ4n) is 3.79. The Balaban J connectivity index is 1.33. The van der Waals surface area contributed by atoms with Crippen molar-refractivity contribution in [3.8, 4) is 12.3 Å². The van der Waals surface area contributed by atoms with Crippen LogP contribution < -0.4 is 10.2 Å². The van der Waals surface area contributed by atoms with Crippen LogP contribution in [-0.2, 0) is 0 Å². The molecule has 1 saturated heterocycles. The van der Waals surface area contributed by atoms with Gasteiger partial charge in [-0.15, -0.1) is 11.5 Å². The van der Waals surface area contributed by atoms with E-state index in [1.54, 1.807) is 16.6 Å². The number of aromatic amines is 1. The van der Waals surface area contributed by atoms with E-state index in [-0.39, 0.29) is 5.91 Å². The van der Waals surface area contributed by atoms with E-state index in [0.29, 0.717) is 54.9 Å². The van der Waals surface area contributed by atoms with Crippen LogP contribution in [0.5, 0.6) is 0 Å². The predicted octanol–water partition coefficient (Wildman–Crippen LogP) is 2.45. The molecule has 160 valence electrons. The van der Waals surface area contributed by atoms with Gasteiger partial charge in [-0.2, -0.15) is 10.1 Å². The van der Waals surface area contributed by atoms with E-state index < -0.39 is 0 Å². The number of carbonyl (C=O) groups is 1. The summed E-state index contributed by atoms with van der Waals surface area (Å²) in [4.78, 5) is 21.6.